The van der Waals surface area contributed by atoms with Crippen molar-refractivity contribution in [3.05, 3.63) is 29.3 Å². The molecule has 0 aromatic heterocycles. The summed E-state index contributed by atoms with van der Waals surface area (Å²) < 4.78 is 5.57. The van der Waals surface area contributed by atoms with Crippen molar-refractivity contribution in [3.8, 4) is 5.75 Å². The van der Waals surface area contributed by atoms with Crippen LogP contribution in [-0.2, 0) is 0 Å². The molecule has 2 atom stereocenters. The average Bonchev–Trinajstić information content (AvgIpc) is 2.93. The highest BCUT2D eigenvalue weighted by Gasteiger charge is 2.28. The van der Waals surface area contributed by atoms with Gasteiger partial charge in [0.25, 0.3) is 0 Å². The Balaban J connectivity index is 2.27. The van der Waals surface area contributed by atoms with Crippen molar-refractivity contribution in [2.45, 2.75) is 32.7 Å². The molecule has 1 aromatic carbocycles. The number of hydrogen-bond acceptors (Lipinski definition) is 3. The van der Waals surface area contributed by atoms with Crippen LogP contribution in [0.25, 0.3) is 0 Å². The van der Waals surface area contributed by atoms with Crippen LogP contribution in [0.2, 0.25) is 0 Å². The van der Waals surface area contributed by atoms with Crippen molar-refractivity contribution < 1.29 is 4.74 Å². The van der Waals surface area contributed by atoms with E-state index in [-0.39, 0.29) is 0 Å². The van der Waals surface area contributed by atoms with Gasteiger partial charge in [-0.15, -0.1) is 0 Å². The summed E-state index contributed by atoms with van der Waals surface area (Å²) in [6, 6.07) is 6.95. The first-order valence-corrected chi connectivity index (χ1v) is 8.37. The SMILES string of the molecule is CCCNC(c1cc(C)ccc1OC)C1CCSC1. The fourth-order valence-electron chi connectivity index (χ4n) is 2.74. The standard InChI is InChI=1S/C16H25NOS/c1-4-8-17-16(13-7-9-19-11-13)14-10-12(2)5-6-15(14)18-3/h5-6,10,13,16-17H,4,7-9,11H2,1-3H3. The third kappa shape index (κ3) is 3.67. The number of nitrogens with one attached hydrogen (secondary N) is 1. The van der Waals surface area contributed by atoms with Gasteiger partial charge in [0, 0.05) is 11.6 Å². The van der Waals surface area contributed by atoms with E-state index in [4.69, 9.17) is 4.74 Å². The van der Waals surface area contributed by atoms with Gasteiger partial charge in [-0.3, -0.25) is 0 Å². The van der Waals surface area contributed by atoms with Crippen molar-refractivity contribution in [2.75, 3.05) is 25.2 Å². The Morgan fingerprint density at radius 1 is 1.47 bits per heavy atom. The minimum atomic E-state index is 0.435. The Morgan fingerprint density at radius 3 is 2.95 bits per heavy atom. The lowest BCUT2D eigenvalue weighted by Gasteiger charge is -2.26. The quantitative estimate of drug-likeness (QED) is 0.856. The van der Waals surface area contributed by atoms with E-state index in [9.17, 15) is 0 Å². The number of aryl methyl sites for hydroxylation is 1. The number of methoxy groups -OCH3 is 1. The molecule has 2 unspecified atom stereocenters. The van der Waals surface area contributed by atoms with Crippen molar-refractivity contribution in [2.24, 2.45) is 5.92 Å². The Morgan fingerprint density at radius 2 is 2.32 bits per heavy atom. The summed E-state index contributed by atoms with van der Waals surface area (Å²) in [5, 5.41) is 3.74. The molecule has 0 radical (unpaired) electrons. The second-order valence-corrected chi connectivity index (χ2v) is 6.45. The maximum atomic E-state index is 5.57. The second-order valence-electron chi connectivity index (χ2n) is 5.30. The molecular formula is C16H25NOS. The molecule has 0 saturated carbocycles. The van der Waals surface area contributed by atoms with E-state index in [2.05, 4.69) is 49.1 Å². The number of benzene rings is 1. The van der Waals surface area contributed by atoms with Crippen molar-refractivity contribution in [3.63, 3.8) is 0 Å². The van der Waals surface area contributed by atoms with Gasteiger partial charge in [0.2, 0.25) is 0 Å². The predicted octanol–water partition coefficient (Wildman–Crippen LogP) is 3.80. The van der Waals surface area contributed by atoms with Crippen LogP contribution >= 0.6 is 11.8 Å². The van der Waals surface area contributed by atoms with Gasteiger partial charge in [-0.1, -0.05) is 24.6 Å². The van der Waals surface area contributed by atoms with Crippen molar-refractivity contribution >= 4 is 11.8 Å². The van der Waals surface area contributed by atoms with Crippen molar-refractivity contribution in [1.29, 1.82) is 0 Å². The van der Waals surface area contributed by atoms with Crippen LogP contribution in [-0.4, -0.2) is 25.2 Å². The summed E-state index contributed by atoms with van der Waals surface area (Å²) in [6.45, 7) is 5.45. The van der Waals surface area contributed by atoms with E-state index in [1.54, 1.807) is 7.11 Å². The van der Waals surface area contributed by atoms with E-state index in [1.807, 2.05) is 0 Å². The molecule has 1 heterocycles. The maximum absolute atomic E-state index is 5.57. The monoisotopic (exact) mass is 279 g/mol. The third-order valence-corrected chi connectivity index (χ3v) is 4.96. The molecule has 1 fully saturated rings. The van der Waals surface area contributed by atoms with Crippen LogP contribution in [0, 0.1) is 12.8 Å². The maximum Gasteiger partial charge on any atom is 0.123 e. The minimum absolute atomic E-state index is 0.435. The van der Waals surface area contributed by atoms with Gasteiger partial charge in [-0.2, -0.15) is 11.8 Å². The van der Waals surface area contributed by atoms with E-state index in [0.29, 0.717) is 6.04 Å². The molecule has 1 N–H and O–H groups in total. The molecule has 1 aliphatic rings. The zero-order valence-electron chi connectivity index (χ0n) is 12.2. The lowest BCUT2D eigenvalue weighted by Crippen LogP contribution is -2.29. The van der Waals surface area contributed by atoms with Gasteiger partial charge in [0.05, 0.1) is 7.11 Å². The topological polar surface area (TPSA) is 21.3 Å². The first kappa shape index (κ1) is 14.7. The lowest BCUT2D eigenvalue weighted by atomic mass is 9.90. The van der Waals surface area contributed by atoms with E-state index in [1.165, 1.54) is 35.5 Å². The summed E-state index contributed by atoms with van der Waals surface area (Å²) in [5.74, 6) is 4.31. The Labute approximate surface area is 121 Å². The summed E-state index contributed by atoms with van der Waals surface area (Å²) in [7, 11) is 1.77. The molecule has 0 bridgehead atoms. The normalized spacial score (nSPS) is 20.5. The molecule has 19 heavy (non-hydrogen) atoms. The van der Waals surface area contributed by atoms with Crippen LogP contribution in [0.1, 0.15) is 36.9 Å². The van der Waals surface area contributed by atoms with Gasteiger partial charge >= 0.3 is 0 Å². The largest absolute Gasteiger partial charge is 0.496 e. The van der Waals surface area contributed by atoms with Crippen LogP contribution < -0.4 is 10.1 Å². The highest BCUT2D eigenvalue weighted by molar-refractivity contribution is 7.99. The zero-order chi connectivity index (χ0) is 13.7. The third-order valence-electron chi connectivity index (χ3n) is 3.77. The zero-order valence-corrected chi connectivity index (χ0v) is 13.1. The molecule has 1 saturated heterocycles. The van der Waals surface area contributed by atoms with Crippen LogP contribution in [0.15, 0.2) is 18.2 Å². The first-order valence-electron chi connectivity index (χ1n) is 7.22. The lowest BCUT2D eigenvalue weighted by molar-refractivity contribution is 0.361. The predicted molar refractivity (Wildman–Crippen MR) is 84.2 cm³/mol. The highest BCUT2D eigenvalue weighted by atomic mass is 32.2. The second kappa shape index (κ2) is 7.20. The summed E-state index contributed by atoms with van der Waals surface area (Å²) in [6.07, 6.45) is 2.48. The number of ether oxygens (including phenoxy) is 1. The molecule has 106 valence electrons. The number of hydrogen-bond donors (Lipinski definition) is 1. The number of thioether (sulfide) groups is 1. The van der Waals surface area contributed by atoms with Gasteiger partial charge in [0.1, 0.15) is 5.75 Å². The molecule has 0 amide bonds. The molecule has 1 aromatic rings. The molecule has 3 heteroatoms. The molecule has 2 rings (SSSR count). The van der Waals surface area contributed by atoms with E-state index >= 15 is 0 Å². The van der Waals surface area contributed by atoms with Gasteiger partial charge in [-0.25, -0.2) is 0 Å². The first-order chi connectivity index (χ1) is 9.26. The van der Waals surface area contributed by atoms with Crippen LogP contribution in [0.4, 0.5) is 0 Å². The molecule has 2 nitrogen and oxygen atoms in total. The van der Waals surface area contributed by atoms with Crippen LogP contribution in [0.5, 0.6) is 5.75 Å². The van der Waals surface area contributed by atoms with Gasteiger partial charge < -0.3 is 10.1 Å². The van der Waals surface area contributed by atoms with Crippen LogP contribution in [0.3, 0.4) is 0 Å². The van der Waals surface area contributed by atoms with Gasteiger partial charge in [0.15, 0.2) is 0 Å². The van der Waals surface area contributed by atoms with Crippen molar-refractivity contribution in [1.82, 2.24) is 5.32 Å². The Hall–Kier alpha value is -0.670. The van der Waals surface area contributed by atoms with E-state index in [0.717, 1.165) is 18.2 Å². The molecular weight excluding hydrogens is 254 g/mol. The fourth-order valence-corrected chi connectivity index (χ4v) is 4.04. The summed E-state index contributed by atoms with van der Waals surface area (Å²) in [4.78, 5) is 0. The van der Waals surface area contributed by atoms with Gasteiger partial charge in [-0.05, 0) is 49.8 Å². The van der Waals surface area contributed by atoms with E-state index < -0.39 is 0 Å². The number of rotatable bonds is 6. The average molecular weight is 279 g/mol. The Bertz CT molecular complexity index is 402. The summed E-state index contributed by atoms with van der Waals surface area (Å²) >= 11 is 2.08. The minimum Gasteiger partial charge on any atom is -0.496 e. The highest BCUT2D eigenvalue weighted by Crippen LogP contribution is 2.38. The summed E-state index contributed by atoms with van der Waals surface area (Å²) in [5.41, 5.74) is 2.65. The smallest absolute Gasteiger partial charge is 0.123 e. The molecule has 0 aliphatic carbocycles. The molecule has 0 spiro atoms. The fraction of sp³-hybridized carbons (Fsp3) is 0.625. The molecule has 1 aliphatic heterocycles. The Kier molecular flexibility index (Phi) is 5.59.